The fraction of sp³-hybridized carbons (Fsp3) is 0.625. The summed E-state index contributed by atoms with van der Waals surface area (Å²) in [6.07, 6.45) is 0.987. The van der Waals surface area contributed by atoms with Crippen LogP contribution in [0.4, 0.5) is 4.39 Å². The zero-order chi connectivity index (χ0) is 15.0. The van der Waals surface area contributed by atoms with Crippen LogP contribution in [0.5, 0.6) is 0 Å². The van der Waals surface area contributed by atoms with Crippen molar-refractivity contribution in [3.8, 4) is 0 Å². The molecule has 1 N–H and O–H groups in total. The second kappa shape index (κ2) is 9.06. The summed E-state index contributed by atoms with van der Waals surface area (Å²) in [4.78, 5) is 4.51. The molecule has 1 aromatic carbocycles. The van der Waals surface area contributed by atoms with Gasteiger partial charge in [-0.3, -0.25) is 0 Å². The molecular weight excluding hydrogens is 253 g/mol. The number of nitrogens with one attached hydrogen (secondary N) is 1. The van der Waals surface area contributed by atoms with Gasteiger partial charge in [-0.2, -0.15) is 0 Å². The first kappa shape index (κ1) is 17.1. The van der Waals surface area contributed by atoms with E-state index >= 15 is 0 Å². The molecule has 0 aliphatic heterocycles. The summed E-state index contributed by atoms with van der Waals surface area (Å²) in [6, 6.07) is 7.13. The Labute approximate surface area is 122 Å². The molecule has 0 amide bonds. The topological polar surface area (TPSA) is 18.5 Å². The largest absolute Gasteiger partial charge is 0.310 e. The van der Waals surface area contributed by atoms with E-state index < -0.39 is 0 Å². The minimum Gasteiger partial charge on any atom is -0.310 e. The monoisotopic (exact) mass is 281 g/mol. The Balaban J connectivity index is 2.51. The Morgan fingerprint density at radius 2 is 1.90 bits per heavy atom. The summed E-state index contributed by atoms with van der Waals surface area (Å²) in [5.41, 5.74) is 1.04. The van der Waals surface area contributed by atoms with E-state index in [1.165, 1.54) is 6.07 Å². The van der Waals surface area contributed by atoms with E-state index in [9.17, 15) is 4.39 Å². The third-order valence-corrected chi connectivity index (χ3v) is 3.43. The molecular formula is C16H28FN3. The van der Waals surface area contributed by atoms with Gasteiger partial charge in [0.15, 0.2) is 0 Å². The molecule has 0 spiro atoms. The van der Waals surface area contributed by atoms with Gasteiger partial charge in [-0.05, 0) is 58.3 Å². The first-order chi connectivity index (χ1) is 9.52. The van der Waals surface area contributed by atoms with E-state index in [2.05, 4.69) is 43.2 Å². The fourth-order valence-electron chi connectivity index (χ4n) is 2.19. The number of benzene rings is 1. The molecule has 0 aliphatic carbocycles. The quantitative estimate of drug-likeness (QED) is 0.749. The molecule has 1 aromatic rings. The number of halogens is 1. The van der Waals surface area contributed by atoms with Crippen molar-refractivity contribution in [1.82, 2.24) is 15.1 Å². The molecule has 0 bridgehead atoms. The minimum atomic E-state index is -0.161. The zero-order valence-electron chi connectivity index (χ0n) is 13.2. The van der Waals surface area contributed by atoms with Gasteiger partial charge in [0.2, 0.25) is 0 Å². The molecule has 114 valence electrons. The number of rotatable bonds is 9. The standard InChI is InChI=1S/C16H28FN3/c1-5-18-16(14-7-6-8-15(17)13-14)9-10-20(4)12-11-19(2)3/h6-8,13,16,18H,5,9-12H2,1-4H3. The molecule has 1 rings (SSSR count). The van der Waals surface area contributed by atoms with Crippen molar-refractivity contribution in [2.75, 3.05) is 47.3 Å². The molecule has 3 nitrogen and oxygen atoms in total. The van der Waals surface area contributed by atoms with E-state index in [0.717, 1.165) is 38.2 Å². The van der Waals surface area contributed by atoms with Crippen molar-refractivity contribution in [2.24, 2.45) is 0 Å². The van der Waals surface area contributed by atoms with E-state index in [-0.39, 0.29) is 11.9 Å². The highest BCUT2D eigenvalue weighted by molar-refractivity contribution is 5.20. The highest BCUT2D eigenvalue weighted by Gasteiger charge is 2.12. The van der Waals surface area contributed by atoms with Crippen LogP contribution in [-0.2, 0) is 0 Å². The van der Waals surface area contributed by atoms with Crippen LogP contribution in [0.3, 0.4) is 0 Å². The van der Waals surface area contributed by atoms with Crippen LogP contribution in [0.15, 0.2) is 24.3 Å². The third kappa shape index (κ3) is 6.46. The van der Waals surface area contributed by atoms with E-state index in [1.54, 1.807) is 12.1 Å². The van der Waals surface area contributed by atoms with Crippen LogP contribution in [0.2, 0.25) is 0 Å². The molecule has 1 atom stereocenters. The molecule has 0 heterocycles. The average Bonchev–Trinajstić information content (AvgIpc) is 2.41. The molecule has 0 fully saturated rings. The maximum Gasteiger partial charge on any atom is 0.123 e. The summed E-state index contributed by atoms with van der Waals surface area (Å²) < 4.78 is 13.3. The molecule has 0 saturated heterocycles. The molecule has 0 radical (unpaired) electrons. The molecule has 4 heteroatoms. The fourth-order valence-corrected chi connectivity index (χ4v) is 2.19. The summed E-state index contributed by atoms with van der Waals surface area (Å²) >= 11 is 0. The lowest BCUT2D eigenvalue weighted by atomic mass is 10.0. The maximum atomic E-state index is 13.3. The number of nitrogens with zero attached hydrogens (tertiary/aromatic N) is 2. The Bertz CT molecular complexity index is 382. The van der Waals surface area contributed by atoms with Gasteiger partial charge in [-0.15, -0.1) is 0 Å². The highest BCUT2D eigenvalue weighted by Crippen LogP contribution is 2.18. The van der Waals surface area contributed by atoms with Crippen molar-refractivity contribution in [3.63, 3.8) is 0 Å². The van der Waals surface area contributed by atoms with Gasteiger partial charge >= 0.3 is 0 Å². The van der Waals surface area contributed by atoms with Gasteiger partial charge in [0.1, 0.15) is 5.82 Å². The smallest absolute Gasteiger partial charge is 0.123 e. The van der Waals surface area contributed by atoms with Crippen molar-refractivity contribution in [1.29, 1.82) is 0 Å². The van der Waals surface area contributed by atoms with Gasteiger partial charge in [-0.25, -0.2) is 4.39 Å². The van der Waals surface area contributed by atoms with Crippen LogP contribution in [0, 0.1) is 5.82 Å². The number of hydrogen-bond donors (Lipinski definition) is 1. The maximum absolute atomic E-state index is 13.3. The Morgan fingerprint density at radius 1 is 1.15 bits per heavy atom. The lowest BCUT2D eigenvalue weighted by Crippen LogP contribution is -2.32. The van der Waals surface area contributed by atoms with E-state index in [1.807, 2.05) is 6.07 Å². The number of likely N-dealkylation sites (N-methyl/N-ethyl adjacent to an activating group) is 2. The SMILES string of the molecule is CCNC(CCN(C)CCN(C)C)c1cccc(F)c1. The predicted molar refractivity (Wildman–Crippen MR) is 83.5 cm³/mol. The average molecular weight is 281 g/mol. The van der Waals surface area contributed by atoms with Crippen LogP contribution in [-0.4, -0.2) is 57.1 Å². The van der Waals surface area contributed by atoms with Crippen LogP contribution >= 0.6 is 0 Å². The van der Waals surface area contributed by atoms with E-state index in [0.29, 0.717) is 0 Å². The van der Waals surface area contributed by atoms with Crippen LogP contribution in [0.25, 0.3) is 0 Å². The van der Waals surface area contributed by atoms with Gasteiger partial charge in [-0.1, -0.05) is 19.1 Å². The lowest BCUT2D eigenvalue weighted by molar-refractivity contribution is 0.268. The van der Waals surface area contributed by atoms with Crippen molar-refractivity contribution in [3.05, 3.63) is 35.6 Å². The molecule has 0 aromatic heterocycles. The summed E-state index contributed by atoms with van der Waals surface area (Å²) in [5.74, 6) is -0.161. The van der Waals surface area contributed by atoms with Crippen LogP contribution < -0.4 is 5.32 Å². The zero-order valence-corrected chi connectivity index (χ0v) is 13.2. The van der Waals surface area contributed by atoms with Gasteiger partial charge in [0, 0.05) is 19.1 Å². The Kier molecular flexibility index (Phi) is 7.73. The van der Waals surface area contributed by atoms with Gasteiger partial charge < -0.3 is 15.1 Å². The summed E-state index contributed by atoms with van der Waals surface area (Å²) in [7, 11) is 6.31. The normalized spacial score (nSPS) is 13.2. The first-order valence-corrected chi connectivity index (χ1v) is 7.35. The van der Waals surface area contributed by atoms with Gasteiger partial charge in [0.05, 0.1) is 0 Å². The second-order valence-corrected chi connectivity index (χ2v) is 5.56. The predicted octanol–water partition coefficient (Wildman–Crippen LogP) is 2.36. The minimum absolute atomic E-state index is 0.161. The third-order valence-electron chi connectivity index (χ3n) is 3.43. The second-order valence-electron chi connectivity index (χ2n) is 5.56. The molecule has 0 saturated carbocycles. The van der Waals surface area contributed by atoms with Crippen molar-refractivity contribution in [2.45, 2.75) is 19.4 Å². The first-order valence-electron chi connectivity index (χ1n) is 7.35. The molecule has 20 heavy (non-hydrogen) atoms. The van der Waals surface area contributed by atoms with Crippen LogP contribution in [0.1, 0.15) is 24.9 Å². The van der Waals surface area contributed by atoms with E-state index in [4.69, 9.17) is 0 Å². The lowest BCUT2D eigenvalue weighted by Gasteiger charge is -2.23. The van der Waals surface area contributed by atoms with Crippen molar-refractivity contribution < 1.29 is 4.39 Å². The van der Waals surface area contributed by atoms with Crippen molar-refractivity contribution >= 4 is 0 Å². The van der Waals surface area contributed by atoms with Gasteiger partial charge in [0.25, 0.3) is 0 Å². The Hall–Kier alpha value is -0.970. The molecule has 0 aliphatic rings. The summed E-state index contributed by atoms with van der Waals surface area (Å²) in [5, 5.41) is 3.44. The summed E-state index contributed by atoms with van der Waals surface area (Å²) in [6.45, 7) is 6.09. The Morgan fingerprint density at radius 3 is 2.50 bits per heavy atom. The number of hydrogen-bond acceptors (Lipinski definition) is 3. The molecule has 1 unspecified atom stereocenters. The highest BCUT2D eigenvalue weighted by atomic mass is 19.1.